The first kappa shape index (κ1) is 21.5. The number of rotatable bonds is 5. The number of phenolic OH excluding ortho intramolecular Hbond substituents is 1. The van der Waals surface area contributed by atoms with Crippen LogP contribution in [0.15, 0.2) is 12.1 Å². The predicted octanol–water partition coefficient (Wildman–Crippen LogP) is 3.99. The fourth-order valence-corrected chi connectivity index (χ4v) is 3.38. The van der Waals surface area contributed by atoms with Crippen LogP contribution in [0.25, 0.3) is 0 Å². The van der Waals surface area contributed by atoms with E-state index in [0.29, 0.717) is 11.8 Å². The Kier molecular flexibility index (Phi) is 10.1. The average Bonchev–Trinajstić information content (AvgIpc) is 2.42. The van der Waals surface area contributed by atoms with Crippen molar-refractivity contribution in [1.29, 1.82) is 0 Å². The van der Waals surface area contributed by atoms with E-state index in [1.807, 2.05) is 12.1 Å². The third kappa shape index (κ3) is 5.31. The number of nitrogens with one attached hydrogen (secondary N) is 1. The quantitative estimate of drug-likeness (QED) is 0.844. The third-order valence-corrected chi connectivity index (χ3v) is 4.34. The molecule has 1 fully saturated rings. The number of aryl methyl sites for hydroxylation is 2. The van der Waals surface area contributed by atoms with Crippen molar-refractivity contribution < 1.29 is 5.11 Å². The summed E-state index contributed by atoms with van der Waals surface area (Å²) in [7, 11) is 0. The van der Waals surface area contributed by atoms with Gasteiger partial charge in [0, 0.05) is 32.2 Å². The molecule has 1 aliphatic rings. The SMILES string of the molecule is CCCC[C@@H](c1c(C)cc(O)cc1C)N1CCNCC1.Cl.Cl. The van der Waals surface area contributed by atoms with Crippen molar-refractivity contribution in [3.05, 3.63) is 28.8 Å². The maximum atomic E-state index is 9.76. The Morgan fingerprint density at radius 1 is 1.14 bits per heavy atom. The summed E-state index contributed by atoms with van der Waals surface area (Å²) in [5, 5.41) is 13.2. The Hall–Kier alpha value is -0.480. The molecule has 1 aromatic rings. The van der Waals surface area contributed by atoms with Crippen LogP contribution in [0, 0.1) is 13.8 Å². The molecule has 1 aliphatic heterocycles. The summed E-state index contributed by atoms with van der Waals surface area (Å²) in [5.74, 6) is 0.387. The normalized spacial score (nSPS) is 16.5. The largest absolute Gasteiger partial charge is 0.508 e. The number of nitrogens with zero attached hydrogens (tertiary/aromatic N) is 1. The maximum absolute atomic E-state index is 9.76. The highest BCUT2D eigenvalue weighted by Crippen LogP contribution is 2.33. The lowest BCUT2D eigenvalue weighted by molar-refractivity contribution is 0.162. The summed E-state index contributed by atoms with van der Waals surface area (Å²) < 4.78 is 0. The van der Waals surface area contributed by atoms with E-state index in [9.17, 15) is 5.11 Å². The molecule has 5 heteroatoms. The van der Waals surface area contributed by atoms with Gasteiger partial charge in [-0.2, -0.15) is 0 Å². The number of aromatic hydroxyl groups is 1. The van der Waals surface area contributed by atoms with E-state index in [4.69, 9.17) is 0 Å². The predicted molar refractivity (Wildman–Crippen MR) is 98.8 cm³/mol. The van der Waals surface area contributed by atoms with Crippen molar-refractivity contribution >= 4 is 24.8 Å². The van der Waals surface area contributed by atoms with Gasteiger partial charge in [-0.1, -0.05) is 19.8 Å². The minimum absolute atomic E-state index is 0. The van der Waals surface area contributed by atoms with E-state index >= 15 is 0 Å². The molecular weight excluding hydrogens is 319 g/mol. The van der Waals surface area contributed by atoms with Crippen LogP contribution in [0.1, 0.15) is 48.9 Å². The molecule has 1 aromatic carbocycles. The van der Waals surface area contributed by atoms with E-state index in [-0.39, 0.29) is 24.8 Å². The lowest BCUT2D eigenvalue weighted by atomic mass is 9.91. The van der Waals surface area contributed by atoms with Gasteiger partial charge in [-0.15, -0.1) is 24.8 Å². The van der Waals surface area contributed by atoms with Gasteiger partial charge in [0.25, 0.3) is 0 Å². The minimum atomic E-state index is 0. The van der Waals surface area contributed by atoms with E-state index in [2.05, 4.69) is 31.0 Å². The molecule has 2 N–H and O–H groups in total. The monoisotopic (exact) mass is 348 g/mol. The molecule has 0 radical (unpaired) electrons. The van der Waals surface area contributed by atoms with Gasteiger partial charge in [0.1, 0.15) is 5.75 Å². The number of unbranched alkanes of at least 4 members (excludes halogenated alkanes) is 1. The van der Waals surface area contributed by atoms with Crippen molar-refractivity contribution in [2.45, 2.75) is 46.1 Å². The van der Waals surface area contributed by atoms with Crippen LogP contribution in [0.5, 0.6) is 5.75 Å². The molecule has 1 atom stereocenters. The van der Waals surface area contributed by atoms with Gasteiger partial charge >= 0.3 is 0 Å². The summed E-state index contributed by atoms with van der Waals surface area (Å²) >= 11 is 0. The first-order valence-corrected chi connectivity index (χ1v) is 7.88. The molecule has 0 unspecified atom stereocenters. The second-order valence-corrected chi connectivity index (χ2v) is 5.94. The Balaban J connectivity index is 0.00000220. The van der Waals surface area contributed by atoms with Crippen LogP contribution in [0.4, 0.5) is 0 Å². The highest BCUT2D eigenvalue weighted by molar-refractivity contribution is 5.85. The van der Waals surface area contributed by atoms with Gasteiger partial charge in [0.15, 0.2) is 0 Å². The molecule has 0 spiro atoms. The highest BCUT2D eigenvalue weighted by Gasteiger charge is 2.24. The second kappa shape index (κ2) is 10.3. The molecule has 3 nitrogen and oxygen atoms in total. The molecule has 0 aromatic heterocycles. The van der Waals surface area contributed by atoms with Crippen LogP contribution in [-0.2, 0) is 0 Å². The molecule has 1 saturated heterocycles. The molecule has 1 heterocycles. The molecule has 0 saturated carbocycles. The van der Waals surface area contributed by atoms with Crippen molar-refractivity contribution in [2.75, 3.05) is 26.2 Å². The molecule has 0 amide bonds. The van der Waals surface area contributed by atoms with Crippen molar-refractivity contribution in [3.8, 4) is 5.75 Å². The summed E-state index contributed by atoms with van der Waals surface area (Å²) in [5.41, 5.74) is 3.88. The van der Waals surface area contributed by atoms with Crippen molar-refractivity contribution in [1.82, 2.24) is 10.2 Å². The molecular formula is C17H30Cl2N2O. The molecule has 128 valence electrons. The van der Waals surface area contributed by atoms with Crippen LogP contribution in [-0.4, -0.2) is 36.2 Å². The van der Waals surface area contributed by atoms with Gasteiger partial charge in [-0.3, -0.25) is 4.90 Å². The molecule has 0 bridgehead atoms. The van der Waals surface area contributed by atoms with Gasteiger partial charge in [0.05, 0.1) is 0 Å². The number of halogens is 2. The van der Waals surface area contributed by atoms with Crippen LogP contribution < -0.4 is 5.32 Å². The van der Waals surface area contributed by atoms with Crippen molar-refractivity contribution in [2.24, 2.45) is 0 Å². The molecule has 0 aliphatic carbocycles. The maximum Gasteiger partial charge on any atom is 0.116 e. The number of phenols is 1. The van der Waals surface area contributed by atoms with Crippen LogP contribution in [0.2, 0.25) is 0 Å². The number of hydrogen-bond acceptors (Lipinski definition) is 3. The van der Waals surface area contributed by atoms with Gasteiger partial charge < -0.3 is 10.4 Å². The smallest absolute Gasteiger partial charge is 0.116 e. The fourth-order valence-electron chi connectivity index (χ4n) is 3.38. The molecule has 22 heavy (non-hydrogen) atoms. The van der Waals surface area contributed by atoms with Crippen molar-refractivity contribution in [3.63, 3.8) is 0 Å². The Labute approximate surface area is 147 Å². The average molecular weight is 349 g/mol. The first-order chi connectivity index (χ1) is 9.63. The van der Waals surface area contributed by atoms with E-state index in [0.717, 1.165) is 26.2 Å². The fraction of sp³-hybridized carbons (Fsp3) is 0.647. The van der Waals surface area contributed by atoms with Gasteiger partial charge in [-0.05, 0) is 49.1 Å². The summed E-state index contributed by atoms with van der Waals surface area (Å²) in [6, 6.07) is 4.31. The summed E-state index contributed by atoms with van der Waals surface area (Å²) in [4.78, 5) is 2.61. The number of piperazine rings is 1. The zero-order chi connectivity index (χ0) is 14.5. The van der Waals surface area contributed by atoms with Gasteiger partial charge in [-0.25, -0.2) is 0 Å². The molecule has 2 rings (SSSR count). The lowest BCUT2D eigenvalue weighted by Gasteiger charge is -2.37. The van der Waals surface area contributed by atoms with E-state index < -0.39 is 0 Å². The van der Waals surface area contributed by atoms with Crippen LogP contribution in [0.3, 0.4) is 0 Å². The highest BCUT2D eigenvalue weighted by atomic mass is 35.5. The second-order valence-electron chi connectivity index (χ2n) is 5.94. The zero-order valence-corrected chi connectivity index (χ0v) is 15.5. The Morgan fingerprint density at radius 3 is 2.18 bits per heavy atom. The first-order valence-electron chi connectivity index (χ1n) is 7.88. The Bertz CT molecular complexity index is 425. The van der Waals surface area contributed by atoms with Gasteiger partial charge in [0.2, 0.25) is 0 Å². The number of hydrogen-bond donors (Lipinski definition) is 2. The zero-order valence-electron chi connectivity index (χ0n) is 13.9. The third-order valence-electron chi connectivity index (χ3n) is 4.34. The van der Waals surface area contributed by atoms with E-state index in [1.54, 1.807) is 0 Å². The summed E-state index contributed by atoms with van der Waals surface area (Å²) in [6.07, 6.45) is 3.70. The van der Waals surface area contributed by atoms with Crippen LogP contribution >= 0.6 is 24.8 Å². The number of benzene rings is 1. The lowest BCUT2D eigenvalue weighted by Crippen LogP contribution is -2.45. The van der Waals surface area contributed by atoms with E-state index in [1.165, 1.54) is 36.0 Å². The summed E-state index contributed by atoms with van der Waals surface area (Å²) in [6.45, 7) is 10.9. The topological polar surface area (TPSA) is 35.5 Å². The Morgan fingerprint density at radius 2 is 1.68 bits per heavy atom. The minimum Gasteiger partial charge on any atom is -0.508 e. The standard InChI is InChI=1S/C17H28N2O.2ClH/c1-4-5-6-16(19-9-7-18-8-10-19)17-13(2)11-15(20)12-14(17)3;;/h11-12,16,18,20H,4-10H2,1-3H3;2*1H/t16-;;/m0../s1.